The fraction of sp³-hybridized carbons (Fsp3) is 0.0455. The van der Waals surface area contributed by atoms with Crippen LogP contribution in [0.25, 0.3) is 17.4 Å². The first-order valence-electron chi connectivity index (χ1n) is 9.07. The maximum absolute atomic E-state index is 12.9. The number of carbonyl (C=O) groups excluding carboxylic acids is 1. The molecule has 1 aromatic heterocycles. The second-order valence-electron chi connectivity index (χ2n) is 6.64. The van der Waals surface area contributed by atoms with Gasteiger partial charge in [-0.25, -0.2) is 9.80 Å². The number of para-hydroxylation sites is 1. The molecule has 2 aromatic carbocycles. The van der Waals surface area contributed by atoms with Gasteiger partial charge in [0.2, 0.25) is 0 Å². The van der Waals surface area contributed by atoms with E-state index in [9.17, 15) is 14.7 Å². The number of hydrogen-bond donors (Lipinski definition) is 2. The first-order chi connectivity index (χ1) is 14.8. The van der Waals surface area contributed by atoms with Crippen molar-refractivity contribution in [1.82, 2.24) is 5.01 Å². The van der Waals surface area contributed by atoms with E-state index in [1.807, 2.05) is 25.1 Å². The normalized spacial score (nSPS) is 15.0. The molecule has 6 nitrogen and oxygen atoms in total. The molecule has 0 radical (unpaired) electrons. The van der Waals surface area contributed by atoms with Gasteiger partial charge in [-0.1, -0.05) is 35.5 Å². The Kier molecular flexibility index (Phi) is 5.86. The molecular weight excluding hydrogens is 456 g/mol. The van der Waals surface area contributed by atoms with Crippen LogP contribution in [0.15, 0.2) is 63.9 Å². The molecule has 3 aromatic rings. The highest BCUT2D eigenvalue weighted by Crippen LogP contribution is 2.35. The van der Waals surface area contributed by atoms with Crippen LogP contribution in [0.4, 0.5) is 5.69 Å². The Bertz CT molecular complexity index is 1250. The number of nitrogens with one attached hydrogen (secondary N) is 1. The SMILES string of the molecule is Cc1cc(Cl)ccc1-c1ccc(/C=C2/SC(=S)N(Nc3ccccc3C(=O)O)C2=O)o1. The molecule has 0 aliphatic carbocycles. The molecule has 1 amide bonds. The summed E-state index contributed by atoms with van der Waals surface area (Å²) in [7, 11) is 0. The molecule has 1 fully saturated rings. The summed E-state index contributed by atoms with van der Waals surface area (Å²) in [5.74, 6) is -0.347. The van der Waals surface area contributed by atoms with Crippen LogP contribution in [-0.4, -0.2) is 26.3 Å². The van der Waals surface area contributed by atoms with Crippen LogP contribution in [0.3, 0.4) is 0 Å². The number of carboxylic acid groups (broad SMARTS) is 1. The summed E-state index contributed by atoms with van der Waals surface area (Å²) in [6.07, 6.45) is 1.61. The first-order valence-corrected chi connectivity index (χ1v) is 10.7. The Morgan fingerprint density at radius 3 is 2.74 bits per heavy atom. The smallest absolute Gasteiger partial charge is 0.337 e. The fourth-order valence-corrected chi connectivity index (χ4v) is 4.45. The van der Waals surface area contributed by atoms with Gasteiger partial charge >= 0.3 is 5.97 Å². The molecule has 1 aliphatic heterocycles. The molecule has 0 atom stereocenters. The highest BCUT2D eigenvalue weighted by Gasteiger charge is 2.33. The van der Waals surface area contributed by atoms with Gasteiger partial charge in [0.1, 0.15) is 11.5 Å². The molecule has 31 heavy (non-hydrogen) atoms. The van der Waals surface area contributed by atoms with Crippen molar-refractivity contribution in [3.8, 4) is 11.3 Å². The van der Waals surface area contributed by atoms with E-state index >= 15 is 0 Å². The van der Waals surface area contributed by atoms with Gasteiger partial charge < -0.3 is 9.52 Å². The number of nitrogens with zero attached hydrogens (tertiary/aromatic N) is 1. The molecule has 0 unspecified atom stereocenters. The van der Waals surface area contributed by atoms with Crippen LogP contribution in [-0.2, 0) is 4.79 Å². The van der Waals surface area contributed by atoms with E-state index in [-0.39, 0.29) is 15.6 Å². The Balaban J connectivity index is 1.57. The predicted molar refractivity (Wildman–Crippen MR) is 126 cm³/mol. The summed E-state index contributed by atoms with van der Waals surface area (Å²) in [6.45, 7) is 1.94. The number of hydrazine groups is 1. The van der Waals surface area contributed by atoms with Crippen LogP contribution < -0.4 is 5.43 Å². The van der Waals surface area contributed by atoms with Gasteiger partial charge in [0, 0.05) is 16.7 Å². The molecule has 0 saturated carbocycles. The number of furan rings is 1. The zero-order valence-electron chi connectivity index (χ0n) is 16.1. The number of hydrogen-bond acceptors (Lipinski definition) is 6. The number of carboxylic acids is 1. The Morgan fingerprint density at radius 1 is 1.23 bits per heavy atom. The molecule has 9 heteroatoms. The number of halogens is 1. The second kappa shape index (κ2) is 8.58. The van der Waals surface area contributed by atoms with Crippen molar-refractivity contribution in [2.45, 2.75) is 6.92 Å². The van der Waals surface area contributed by atoms with E-state index in [0.717, 1.165) is 27.9 Å². The van der Waals surface area contributed by atoms with Crippen LogP contribution in [0, 0.1) is 6.92 Å². The quantitative estimate of drug-likeness (QED) is 0.358. The van der Waals surface area contributed by atoms with Gasteiger partial charge in [-0.3, -0.25) is 10.2 Å². The number of thioether (sulfide) groups is 1. The largest absolute Gasteiger partial charge is 0.478 e. The van der Waals surface area contributed by atoms with Crippen molar-refractivity contribution >= 4 is 63.5 Å². The molecule has 2 heterocycles. The van der Waals surface area contributed by atoms with Gasteiger partial charge in [0.05, 0.1) is 16.2 Å². The molecule has 156 valence electrons. The third-order valence-electron chi connectivity index (χ3n) is 4.54. The lowest BCUT2D eigenvalue weighted by Crippen LogP contribution is -2.34. The second-order valence-corrected chi connectivity index (χ2v) is 8.75. The fourth-order valence-electron chi connectivity index (χ4n) is 3.06. The molecule has 1 aliphatic rings. The lowest BCUT2D eigenvalue weighted by atomic mass is 10.1. The van der Waals surface area contributed by atoms with Gasteiger partial charge in [-0.05, 0) is 67.2 Å². The summed E-state index contributed by atoms with van der Waals surface area (Å²) >= 11 is 12.4. The monoisotopic (exact) mass is 470 g/mol. The number of aromatic carboxylic acids is 1. The van der Waals surface area contributed by atoms with E-state index < -0.39 is 11.9 Å². The average molecular weight is 471 g/mol. The van der Waals surface area contributed by atoms with Crippen molar-refractivity contribution in [3.05, 3.63) is 81.4 Å². The standard InChI is InChI=1S/C22H15ClN2O4S2/c1-12-10-13(23)6-8-15(12)18-9-7-14(29-18)11-19-20(26)25(22(30)31-19)24-17-5-3-2-4-16(17)21(27)28/h2-11,24H,1H3,(H,27,28)/b19-11+. The summed E-state index contributed by atoms with van der Waals surface area (Å²) in [4.78, 5) is 24.6. The maximum Gasteiger partial charge on any atom is 0.337 e. The van der Waals surface area contributed by atoms with Gasteiger partial charge in [0.15, 0.2) is 4.32 Å². The number of carbonyl (C=O) groups is 2. The minimum Gasteiger partial charge on any atom is -0.478 e. The van der Waals surface area contributed by atoms with Crippen molar-refractivity contribution in [3.63, 3.8) is 0 Å². The van der Waals surface area contributed by atoms with Crippen LogP contribution in [0.1, 0.15) is 21.7 Å². The average Bonchev–Trinajstić information content (AvgIpc) is 3.28. The zero-order valence-corrected chi connectivity index (χ0v) is 18.5. The number of amides is 1. The van der Waals surface area contributed by atoms with E-state index in [0.29, 0.717) is 21.4 Å². The molecular formula is C22H15ClN2O4S2. The van der Waals surface area contributed by atoms with E-state index in [1.54, 1.807) is 36.4 Å². The van der Waals surface area contributed by atoms with Gasteiger partial charge in [0.25, 0.3) is 5.91 Å². The van der Waals surface area contributed by atoms with E-state index in [4.69, 9.17) is 28.2 Å². The number of anilines is 1. The highest BCUT2D eigenvalue weighted by atomic mass is 35.5. The zero-order chi connectivity index (χ0) is 22.1. The van der Waals surface area contributed by atoms with Crippen LogP contribution in [0.2, 0.25) is 5.02 Å². The lowest BCUT2D eigenvalue weighted by molar-refractivity contribution is -0.121. The summed E-state index contributed by atoms with van der Waals surface area (Å²) in [6, 6.07) is 15.4. The predicted octanol–water partition coefficient (Wildman–Crippen LogP) is 5.83. The van der Waals surface area contributed by atoms with E-state index in [2.05, 4.69) is 5.43 Å². The molecule has 0 spiro atoms. The topological polar surface area (TPSA) is 82.8 Å². The molecule has 4 rings (SSSR count). The Morgan fingerprint density at radius 2 is 2.00 bits per heavy atom. The maximum atomic E-state index is 12.9. The van der Waals surface area contributed by atoms with Crippen molar-refractivity contribution in [1.29, 1.82) is 0 Å². The lowest BCUT2D eigenvalue weighted by Gasteiger charge is -2.18. The van der Waals surface area contributed by atoms with Gasteiger partial charge in [-0.15, -0.1) is 0 Å². The summed E-state index contributed by atoms with van der Waals surface area (Å²) < 4.78 is 6.16. The Hall–Kier alpha value is -3.07. The highest BCUT2D eigenvalue weighted by molar-refractivity contribution is 8.26. The summed E-state index contributed by atoms with van der Waals surface area (Å²) in [5, 5.41) is 11.1. The third kappa shape index (κ3) is 4.36. The molecule has 2 N–H and O–H groups in total. The van der Waals surface area contributed by atoms with Crippen LogP contribution in [0.5, 0.6) is 0 Å². The van der Waals surface area contributed by atoms with Crippen molar-refractivity contribution in [2.75, 3.05) is 5.43 Å². The Labute approximate surface area is 192 Å². The van der Waals surface area contributed by atoms with Gasteiger partial charge in [-0.2, -0.15) is 0 Å². The third-order valence-corrected chi connectivity index (χ3v) is 6.07. The van der Waals surface area contributed by atoms with Crippen molar-refractivity contribution in [2.24, 2.45) is 0 Å². The molecule has 0 bridgehead atoms. The van der Waals surface area contributed by atoms with Crippen LogP contribution >= 0.6 is 35.6 Å². The number of aryl methyl sites for hydroxylation is 1. The first kappa shape index (κ1) is 21.2. The number of benzene rings is 2. The minimum absolute atomic E-state index is 0.0366. The van der Waals surface area contributed by atoms with Crippen molar-refractivity contribution < 1.29 is 19.1 Å². The summed E-state index contributed by atoms with van der Waals surface area (Å²) in [5.41, 5.74) is 4.99. The van der Waals surface area contributed by atoms with E-state index in [1.165, 1.54) is 6.07 Å². The minimum atomic E-state index is -1.11. The number of rotatable bonds is 5. The number of thiocarbonyl (C=S) groups is 1. The molecule has 1 saturated heterocycles.